The highest BCUT2D eigenvalue weighted by Gasteiger charge is 2.06. The predicted octanol–water partition coefficient (Wildman–Crippen LogP) is 3.99. The first-order chi connectivity index (χ1) is 11.5. The molecule has 0 saturated carbocycles. The average Bonchev–Trinajstić information content (AvgIpc) is 2.51. The van der Waals surface area contributed by atoms with E-state index in [9.17, 15) is 9.59 Å². The fraction of sp³-hybridized carbons (Fsp3) is 0.176. The largest absolute Gasteiger partial charge is 0.447 e. The Balaban J connectivity index is 1.65. The minimum absolute atomic E-state index is 0.00924. The van der Waals surface area contributed by atoms with Crippen LogP contribution in [0, 0.1) is 6.92 Å². The summed E-state index contributed by atoms with van der Waals surface area (Å²) in [5.74, 6) is 0.451. The van der Waals surface area contributed by atoms with Crippen LogP contribution in [0.15, 0.2) is 48.5 Å². The van der Waals surface area contributed by atoms with Crippen molar-refractivity contribution in [2.24, 2.45) is 0 Å². The summed E-state index contributed by atoms with van der Waals surface area (Å²) in [5, 5.41) is 5.53. The van der Waals surface area contributed by atoms with E-state index < -0.39 is 12.2 Å². The Hall–Kier alpha value is -2.73. The van der Waals surface area contributed by atoms with Gasteiger partial charge in [0.15, 0.2) is 0 Å². The van der Waals surface area contributed by atoms with Gasteiger partial charge in [0.2, 0.25) is 0 Å². The van der Waals surface area contributed by atoms with Crippen LogP contribution in [0.2, 0.25) is 5.02 Å². The monoisotopic (exact) mass is 348 g/mol. The van der Waals surface area contributed by atoms with E-state index in [2.05, 4.69) is 10.6 Å². The van der Waals surface area contributed by atoms with E-state index in [0.717, 1.165) is 5.56 Å². The van der Waals surface area contributed by atoms with E-state index in [1.165, 1.54) is 0 Å². The summed E-state index contributed by atoms with van der Waals surface area (Å²) in [6, 6.07) is 13.8. The van der Waals surface area contributed by atoms with Crippen molar-refractivity contribution >= 4 is 29.5 Å². The minimum Gasteiger partial charge on any atom is -0.447 e. The fourth-order valence-corrected chi connectivity index (χ4v) is 2.03. The summed E-state index contributed by atoms with van der Waals surface area (Å²) >= 11 is 5.81. The molecule has 0 aliphatic carbocycles. The Morgan fingerprint density at radius 2 is 1.88 bits per heavy atom. The Bertz CT molecular complexity index is 660. The van der Waals surface area contributed by atoms with Crippen molar-refractivity contribution in [1.82, 2.24) is 5.32 Å². The van der Waals surface area contributed by atoms with Crippen LogP contribution in [-0.4, -0.2) is 25.3 Å². The van der Waals surface area contributed by atoms with E-state index in [0.29, 0.717) is 16.5 Å². The molecule has 126 valence electrons. The first-order valence-electron chi connectivity index (χ1n) is 7.24. The first kappa shape index (κ1) is 17.6. The molecule has 0 fully saturated rings. The molecule has 0 unspecified atom stereocenters. The molecular formula is C17H17ClN2O4. The van der Waals surface area contributed by atoms with Gasteiger partial charge in [0.1, 0.15) is 12.4 Å². The van der Waals surface area contributed by atoms with Gasteiger partial charge < -0.3 is 14.8 Å². The van der Waals surface area contributed by atoms with Crippen molar-refractivity contribution in [3.05, 3.63) is 59.1 Å². The second kappa shape index (κ2) is 8.79. The van der Waals surface area contributed by atoms with Gasteiger partial charge in [0.25, 0.3) is 0 Å². The number of nitrogens with one attached hydrogen (secondary N) is 2. The highest BCUT2D eigenvalue weighted by molar-refractivity contribution is 6.30. The van der Waals surface area contributed by atoms with Crippen molar-refractivity contribution in [3.63, 3.8) is 0 Å². The molecule has 0 radical (unpaired) electrons. The van der Waals surface area contributed by atoms with Gasteiger partial charge in [-0.2, -0.15) is 0 Å². The summed E-state index contributed by atoms with van der Waals surface area (Å²) in [4.78, 5) is 23.2. The highest BCUT2D eigenvalue weighted by Crippen LogP contribution is 2.15. The first-order valence-corrected chi connectivity index (χ1v) is 7.62. The lowest BCUT2D eigenvalue weighted by molar-refractivity contribution is 0.158. The summed E-state index contributed by atoms with van der Waals surface area (Å²) < 4.78 is 10.0. The second-order valence-corrected chi connectivity index (χ2v) is 5.34. The van der Waals surface area contributed by atoms with Gasteiger partial charge in [-0.15, -0.1) is 0 Å². The summed E-state index contributed by atoms with van der Waals surface area (Å²) in [6.07, 6.45) is -1.24. The Kier molecular flexibility index (Phi) is 6.45. The van der Waals surface area contributed by atoms with Gasteiger partial charge in [0, 0.05) is 10.7 Å². The Morgan fingerprint density at radius 3 is 2.62 bits per heavy atom. The average molecular weight is 349 g/mol. The third-order valence-corrected chi connectivity index (χ3v) is 3.11. The molecule has 24 heavy (non-hydrogen) atoms. The smallest absolute Gasteiger partial charge is 0.412 e. The van der Waals surface area contributed by atoms with E-state index in [1.807, 2.05) is 13.0 Å². The highest BCUT2D eigenvalue weighted by atomic mass is 35.5. The number of aryl methyl sites for hydroxylation is 1. The summed E-state index contributed by atoms with van der Waals surface area (Å²) in [7, 11) is 0. The van der Waals surface area contributed by atoms with Crippen LogP contribution < -0.4 is 15.4 Å². The quantitative estimate of drug-likeness (QED) is 0.801. The molecule has 7 heteroatoms. The Labute approximate surface area is 144 Å². The van der Waals surface area contributed by atoms with Crippen LogP contribution in [0.1, 0.15) is 5.56 Å². The van der Waals surface area contributed by atoms with Crippen molar-refractivity contribution in [2.75, 3.05) is 18.5 Å². The third kappa shape index (κ3) is 6.18. The number of benzene rings is 2. The number of anilines is 1. The molecule has 0 saturated heterocycles. The normalized spacial score (nSPS) is 9.92. The van der Waals surface area contributed by atoms with Gasteiger partial charge in [0.05, 0.1) is 6.54 Å². The number of hydrogen-bond donors (Lipinski definition) is 2. The molecule has 0 aliphatic rings. The zero-order chi connectivity index (χ0) is 17.4. The van der Waals surface area contributed by atoms with E-state index in [1.54, 1.807) is 42.5 Å². The number of carbonyl (C=O) groups excluding carboxylic acids is 2. The lowest BCUT2D eigenvalue weighted by Crippen LogP contribution is -2.31. The van der Waals surface area contributed by atoms with Crippen LogP contribution >= 0.6 is 11.6 Å². The molecule has 0 atom stereocenters. The molecule has 0 aromatic heterocycles. The number of ether oxygens (including phenoxy) is 2. The zero-order valence-electron chi connectivity index (χ0n) is 13.0. The molecule has 2 N–H and O–H groups in total. The number of rotatable bonds is 5. The van der Waals surface area contributed by atoms with E-state index in [4.69, 9.17) is 21.1 Å². The molecule has 0 heterocycles. The maximum absolute atomic E-state index is 11.6. The van der Waals surface area contributed by atoms with Crippen molar-refractivity contribution in [2.45, 2.75) is 6.92 Å². The standard InChI is InChI=1S/C17H17ClN2O4/c1-12-4-2-7-15(10-12)24-16(21)19-8-9-23-17(22)20-14-6-3-5-13(18)11-14/h2-7,10-11H,8-9H2,1H3,(H,19,21)(H,20,22). The molecule has 0 aliphatic heterocycles. The van der Waals surface area contributed by atoms with Gasteiger partial charge in [-0.1, -0.05) is 29.8 Å². The number of hydrogen-bond acceptors (Lipinski definition) is 4. The van der Waals surface area contributed by atoms with Gasteiger partial charge in [-0.3, -0.25) is 5.32 Å². The maximum atomic E-state index is 11.6. The van der Waals surface area contributed by atoms with Crippen LogP contribution in [0.5, 0.6) is 5.75 Å². The molecule has 6 nitrogen and oxygen atoms in total. The summed E-state index contributed by atoms with van der Waals surface area (Å²) in [6.45, 7) is 2.04. The SMILES string of the molecule is Cc1cccc(OC(=O)NCCOC(=O)Nc2cccc(Cl)c2)c1. The van der Waals surface area contributed by atoms with Crippen molar-refractivity contribution < 1.29 is 19.1 Å². The van der Waals surface area contributed by atoms with Crippen LogP contribution in [0.4, 0.5) is 15.3 Å². The summed E-state index contributed by atoms with van der Waals surface area (Å²) in [5.41, 5.74) is 1.51. The molecule has 2 amide bonds. The number of amides is 2. The number of carbonyl (C=O) groups is 2. The molecule has 2 aromatic carbocycles. The van der Waals surface area contributed by atoms with Crippen molar-refractivity contribution in [3.8, 4) is 5.75 Å². The molecular weight excluding hydrogens is 332 g/mol. The van der Waals surface area contributed by atoms with E-state index >= 15 is 0 Å². The van der Waals surface area contributed by atoms with E-state index in [-0.39, 0.29) is 13.2 Å². The molecule has 2 aromatic rings. The predicted molar refractivity (Wildman–Crippen MR) is 91.6 cm³/mol. The lowest BCUT2D eigenvalue weighted by Gasteiger charge is -2.09. The van der Waals surface area contributed by atoms with Gasteiger partial charge >= 0.3 is 12.2 Å². The molecule has 0 bridgehead atoms. The van der Waals surface area contributed by atoms with Crippen molar-refractivity contribution in [1.29, 1.82) is 0 Å². The van der Waals surface area contributed by atoms with Crippen LogP contribution in [0.3, 0.4) is 0 Å². The van der Waals surface area contributed by atoms with Gasteiger partial charge in [-0.05, 0) is 42.8 Å². The number of halogens is 1. The Morgan fingerprint density at radius 1 is 1.08 bits per heavy atom. The fourth-order valence-electron chi connectivity index (χ4n) is 1.84. The third-order valence-electron chi connectivity index (χ3n) is 2.88. The topological polar surface area (TPSA) is 76.7 Å². The van der Waals surface area contributed by atoms with Gasteiger partial charge in [-0.25, -0.2) is 9.59 Å². The maximum Gasteiger partial charge on any atom is 0.412 e. The van der Waals surface area contributed by atoms with Crippen LogP contribution in [-0.2, 0) is 4.74 Å². The molecule has 0 spiro atoms. The second-order valence-electron chi connectivity index (χ2n) is 4.90. The zero-order valence-corrected chi connectivity index (χ0v) is 13.8. The van der Waals surface area contributed by atoms with Crippen LogP contribution in [0.25, 0.3) is 0 Å². The molecule has 2 rings (SSSR count). The minimum atomic E-state index is -0.633. The lowest BCUT2D eigenvalue weighted by atomic mass is 10.2.